The van der Waals surface area contributed by atoms with E-state index in [0.29, 0.717) is 0 Å². The summed E-state index contributed by atoms with van der Waals surface area (Å²) in [6.45, 7) is 2.12. The molecule has 4 heteroatoms. The van der Waals surface area contributed by atoms with E-state index < -0.39 is 0 Å². The van der Waals surface area contributed by atoms with Crippen molar-refractivity contribution in [3.05, 3.63) is 265 Å². The van der Waals surface area contributed by atoms with Gasteiger partial charge in [0.25, 0.3) is 0 Å². The summed E-state index contributed by atoms with van der Waals surface area (Å²) in [6.07, 6.45) is 4.36. The van der Waals surface area contributed by atoms with Gasteiger partial charge in [-0.05, 0) is 149 Å². The molecule has 10 aromatic carbocycles. The molecule has 1 aliphatic carbocycles. The summed E-state index contributed by atoms with van der Waals surface area (Å²) in [7, 11) is 0. The summed E-state index contributed by atoms with van der Waals surface area (Å²) >= 11 is 0. The second kappa shape index (κ2) is 17.5. The second-order valence-corrected chi connectivity index (χ2v) is 19.4. The molecule has 1 aliphatic rings. The minimum absolute atomic E-state index is 0.857. The SMILES string of the molecule is Cc1ccc2nc(-c3ccc(-n4c5c(c6cc(-c7ccccc7)ccc64)C=C(c4ccccc4)CC5)cc3)c(-c3ccc(-n4c5ccc(-c6ccccc6)cc5c5cc(-c6ccccc6)ccc54)cc3)nc2c1. The lowest BCUT2D eigenvalue weighted by Gasteiger charge is -2.18. The molecule has 0 spiro atoms. The van der Waals surface area contributed by atoms with Gasteiger partial charge in [0, 0.05) is 49.9 Å². The monoisotopic (exact) mass is 932 g/mol. The zero-order chi connectivity index (χ0) is 48.4. The van der Waals surface area contributed by atoms with Crippen molar-refractivity contribution in [3.63, 3.8) is 0 Å². The van der Waals surface area contributed by atoms with Crippen LogP contribution in [0.25, 0.3) is 123 Å². The van der Waals surface area contributed by atoms with Crippen molar-refractivity contribution in [1.29, 1.82) is 0 Å². The lowest BCUT2D eigenvalue weighted by molar-refractivity contribution is 0.898. The number of allylic oxidation sites excluding steroid dienone is 1. The number of nitrogens with zero attached hydrogens (tertiary/aromatic N) is 4. The molecule has 0 unspecified atom stereocenters. The Morgan fingerprint density at radius 2 is 0.753 bits per heavy atom. The predicted molar refractivity (Wildman–Crippen MR) is 305 cm³/mol. The Balaban J connectivity index is 0.875. The number of hydrogen-bond acceptors (Lipinski definition) is 2. The van der Waals surface area contributed by atoms with Gasteiger partial charge in [-0.2, -0.15) is 0 Å². The zero-order valence-corrected chi connectivity index (χ0v) is 40.4. The van der Waals surface area contributed by atoms with Crippen molar-refractivity contribution in [2.24, 2.45) is 0 Å². The first kappa shape index (κ1) is 42.5. The highest BCUT2D eigenvalue weighted by Crippen LogP contribution is 2.42. The third kappa shape index (κ3) is 7.46. The summed E-state index contributed by atoms with van der Waals surface area (Å²) in [4.78, 5) is 10.8. The minimum atomic E-state index is 0.857. The van der Waals surface area contributed by atoms with Crippen LogP contribution in [0.15, 0.2) is 243 Å². The van der Waals surface area contributed by atoms with Gasteiger partial charge in [-0.15, -0.1) is 0 Å². The van der Waals surface area contributed by atoms with Crippen LogP contribution in [-0.2, 0) is 6.42 Å². The van der Waals surface area contributed by atoms with Gasteiger partial charge in [-0.25, -0.2) is 9.97 Å². The quantitative estimate of drug-likeness (QED) is 0.152. The van der Waals surface area contributed by atoms with Crippen LogP contribution in [0.5, 0.6) is 0 Å². The third-order valence-electron chi connectivity index (χ3n) is 14.9. The van der Waals surface area contributed by atoms with Crippen molar-refractivity contribution < 1.29 is 0 Å². The topological polar surface area (TPSA) is 35.6 Å². The minimum Gasteiger partial charge on any atom is -0.313 e. The van der Waals surface area contributed by atoms with Gasteiger partial charge in [0.05, 0.1) is 39.0 Å². The lowest BCUT2D eigenvalue weighted by atomic mass is 9.91. The summed E-state index contributed by atoms with van der Waals surface area (Å²) in [5.41, 5.74) is 25.0. The second-order valence-electron chi connectivity index (χ2n) is 19.4. The Bertz CT molecular complexity index is 4170. The molecule has 73 heavy (non-hydrogen) atoms. The first-order valence-electron chi connectivity index (χ1n) is 25.3. The van der Waals surface area contributed by atoms with Crippen LogP contribution in [0.4, 0.5) is 0 Å². The van der Waals surface area contributed by atoms with Crippen LogP contribution in [0, 0.1) is 6.92 Å². The molecule has 0 saturated carbocycles. The van der Waals surface area contributed by atoms with Gasteiger partial charge in [0.2, 0.25) is 0 Å². The maximum absolute atomic E-state index is 5.41. The van der Waals surface area contributed by atoms with E-state index in [-0.39, 0.29) is 0 Å². The third-order valence-corrected chi connectivity index (χ3v) is 14.9. The Labute approximate surface area is 424 Å². The Kier molecular flexibility index (Phi) is 10.2. The largest absolute Gasteiger partial charge is 0.313 e. The maximum atomic E-state index is 5.41. The molecule has 0 fully saturated rings. The zero-order valence-electron chi connectivity index (χ0n) is 40.4. The van der Waals surface area contributed by atoms with Gasteiger partial charge in [-0.1, -0.05) is 170 Å². The Morgan fingerprint density at radius 1 is 0.329 bits per heavy atom. The van der Waals surface area contributed by atoms with E-state index in [4.69, 9.17) is 9.97 Å². The van der Waals surface area contributed by atoms with Crippen LogP contribution < -0.4 is 0 Å². The van der Waals surface area contributed by atoms with Gasteiger partial charge in [0.1, 0.15) is 0 Å². The number of aryl methyl sites for hydroxylation is 1. The predicted octanol–water partition coefficient (Wildman–Crippen LogP) is 17.8. The summed E-state index contributed by atoms with van der Waals surface area (Å²) in [5, 5.41) is 3.71. The van der Waals surface area contributed by atoms with Crippen molar-refractivity contribution in [3.8, 4) is 67.3 Å². The van der Waals surface area contributed by atoms with Gasteiger partial charge < -0.3 is 9.13 Å². The fraction of sp³-hybridized carbons (Fsp3) is 0.0435. The fourth-order valence-electron chi connectivity index (χ4n) is 11.3. The van der Waals surface area contributed by atoms with Crippen LogP contribution in [-0.4, -0.2) is 19.1 Å². The van der Waals surface area contributed by atoms with Gasteiger partial charge >= 0.3 is 0 Å². The molecule has 0 N–H and O–H groups in total. The Morgan fingerprint density at radius 3 is 1.26 bits per heavy atom. The number of rotatable bonds is 8. The smallest absolute Gasteiger partial charge is 0.0973 e. The first-order chi connectivity index (χ1) is 36.1. The normalized spacial score (nSPS) is 12.4. The molecule has 0 amide bonds. The summed E-state index contributed by atoms with van der Waals surface area (Å²) in [5.74, 6) is 0. The number of benzene rings is 10. The molecule has 0 bridgehead atoms. The highest BCUT2D eigenvalue weighted by atomic mass is 15.0. The van der Waals surface area contributed by atoms with E-state index in [0.717, 1.165) is 74.4 Å². The summed E-state index contributed by atoms with van der Waals surface area (Å²) < 4.78 is 4.88. The van der Waals surface area contributed by atoms with E-state index in [1.54, 1.807) is 0 Å². The molecule has 0 atom stereocenters. The molecule has 4 nitrogen and oxygen atoms in total. The molecule has 0 radical (unpaired) electrons. The van der Waals surface area contributed by atoms with Crippen molar-refractivity contribution in [2.45, 2.75) is 19.8 Å². The number of hydrogen-bond donors (Lipinski definition) is 0. The lowest BCUT2D eigenvalue weighted by Crippen LogP contribution is -2.05. The molecule has 14 rings (SSSR count). The molecule has 13 aromatic rings. The maximum Gasteiger partial charge on any atom is 0.0973 e. The van der Waals surface area contributed by atoms with E-state index in [2.05, 4.69) is 265 Å². The van der Waals surface area contributed by atoms with E-state index in [9.17, 15) is 0 Å². The van der Waals surface area contributed by atoms with Crippen LogP contribution in [0.2, 0.25) is 0 Å². The van der Waals surface area contributed by atoms with Crippen molar-refractivity contribution in [2.75, 3.05) is 0 Å². The van der Waals surface area contributed by atoms with Crippen molar-refractivity contribution >= 4 is 55.4 Å². The van der Waals surface area contributed by atoms with E-state index >= 15 is 0 Å². The summed E-state index contributed by atoms with van der Waals surface area (Å²) in [6, 6.07) is 87.8. The van der Waals surface area contributed by atoms with E-state index in [1.807, 2.05) is 0 Å². The average Bonchev–Trinajstić information content (AvgIpc) is 3.97. The fourth-order valence-corrected chi connectivity index (χ4v) is 11.3. The van der Waals surface area contributed by atoms with Crippen LogP contribution in [0.1, 0.15) is 28.8 Å². The standard InChI is InChI=1S/C69H48N4/c1-45-22-35-62-63(40-45)71-69(51-25-33-57(34-26-51)73-66-38-29-54(48-18-10-4-11-19-48)43-60(66)61-44-55(30-39-67(61)73)49-20-12-5-13-21-49)68(70-62)50-23-31-56(32-24-50)72-64-36-27-52(46-14-6-2-7-15-46)41-58(64)59-42-53(28-37-65(59)72)47-16-8-3-9-17-47/h2-27,29-36,38-44H,28,37H2,1H3. The molecule has 0 saturated heterocycles. The highest BCUT2D eigenvalue weighted by molar-refractivity contribution is 6.12. The number of aromatic nitrogens is 4. The van der Waals surface area contributed by atoms with E-state index in [1.165, 1.54) is 77.5 Å². The average molecular weight is 933 g/mol. The molecular weight excluding hydrogens is 885 g/mol. The first-order valence-corrected chi connectivity index (χ1v) is 25.3. The molecule has 3 aromatic heterocycles. The highest BCUT2D eigenvalue weighted by Gasteiger charge is 2.24. The van der Waals surface area contributed by atoms with Crippen LogP contribution in [0.3, 0.4) is 0 Å². The molecule has 0 aliphatic heterocycles. The van der Waals surface area contributed by atoms with Gasteiger partial charge in [0.15, 0.2) is 0 Å². The van der Waals surface area contributed by atoms with Crippen LogP contribution >= 0.6 is 0 Å². The molecule has 3 heterocycles. The number of fused-ring (bicyclic) bond motifs is 7. The van der Waals surface area contributed by atoms with Crippen molar-refractivity contribution in [1.82, 2.24) is 19.1 Å². The van der Waals surface area contributed by atoms with Gasteiger partial charge in [-0.3, -0.25) is 0 Å². The molecule has 344 valence electrons. The Hall–Kier alpha value is -9.38. The molecular formula is C69H48N4.